The van der Waals surface area contributed by atoms with Crippen molar-refractivity contribution in [1.82, 2.24) is 9.88 Å². The van der Waals surface area contributed by atoms with Crippen LogP contribution in [0.4, 0.5) is 0 Å². The van der Waals surface area contributed by atoms with Crippen molar-refractivity contribution in [3.05, 3.63) is 34.7 Å². The Bertz CT molecular complexity index is 843. The first kappa shape index (κ1) is 16.1. The van der Waals surface area contributed by atoms with Gasteiger partial charge in [-0.2, -0.15) is 0 Å². The van der Waals surface area contributed by atoms with Crippen molar-refractivity contribution in [2.75, 3.05) is 12.8 Å². The summed E-state index contributed by atoms with van der Waals surface area (Å²) in [4.78, 5) is 18.5. The Morgan fingerprint density at radius 3 is 2.87 bits per heavy atom. The predicted molar refractivity (Wildman–Crippen MR) is 90.0 cm³/mol. The normalized spacial score (nSPS) is 18.3. The molecule has 1 aromatic heterocycles. The fraction of sp³-hybridized carbons (Fsp3) is 0.375. The van der Waals surface area contributed by atoms with Gasteiger partial charge in [0.15, 0.2) is 9.84 Å². The summed E-state index contributed by atoms with van der Waals surface area (Å²) >= 11 is 1.52. The quantitative estimate of drug-likeness (QED) is 0.854. The van der Waals surface area contributed by atoms with Crippen LogP contribution in [-0.4, -0.2) is 37.0 Å². The summed E-state index contributed by atoms with van der Waals surface area (Å²) in [6, 6.07) is 6.85. The van der Waals surface area contributed by atoms with Gasteiger partial charge in [0.05, 0.1) is 16.6 Å². The minimum Gasteiger partial charge on any atom is -0.333 e. The largest absolute Gasteiger partial charge is 0.333 e. The first-order chi connectivity index (χ1) is 10.9. The molecule has 1 amide bonds. The van der Waals surface area contributed by atoms with Gasteiger partial charge < -0.3 is 4.90 Å². The van der Waals surface area contributed by atoms with E-state index in [-0.39, 0.29) is 16.8 Å². The lowest BCUT2D eigenvalue weighted by Crippen LogP contribution is -2.27. The maximum absolute atomic E-state index is 11.7. The van der Waals surface area contributed by atoms with Crippen molar-refractivity contribution >= 4 is 27.1 Å². The predicted octanol–water partition coefficient (Wildman–Crippen LogP) is 2.90. The van der Waals surface area contributed by atoms with E-state index in [4.69, 9.17) is 0 Å². The highest BCUT2D eigenvalue weighted by atomic mass is 32.2. The minimum absolute atomic E-state index is 0.0457. The molecule has 23 heavy (non-hydrogen) atoms. The SMILES string of the molecule is CC(=O)N1CCCC1c1nc(-c2cccc(S(C)(=O)=O)c2)cs1. The van der Waals surface area contributed by atoms with Gasteiger partial charge in [-0.15, -0.1) is 11.3 Å². The Labute approximate surface area is 139 Å². The molecule has 1 saturated heterocycles. The summed E-state index contributed by atoms with van der Waals surface area (Å²) < 4.78 is 23.4. The van der Waals surface area contributed by atoms with Crippen molar-refractivity contribution in [3.8, 4) is 11.3 Å². The summed E-state index contributed by atoms with van der Waals surface area (Å²) in [6.07, 6.45) is 3.11. The smallest absolute Gasteiger partial charge is 0.220 e. The van der Waals surface area contributed by atoms with E-state index >= 15 is 0 Å². The fourth-order valence-electron chi connectivity index (χ4n) is 2.86. The number of amides is 1. The number of thiazole rings is 1. The molecule has 7 heteroatoms. The van der Waals surface area contributed by atoms with Crippen LogP contribution in [0.3, 0.4) is 0 Å². The first-order valence-electron chi connectivity index (χ1n) is 7.39. The Kier molecular flexibility index (Phi) is 4.25. The van der Waals surface area contributed by atoms with E-state index < -0.39 is 9.84 Å². The molecule has 2 aromatic rings. The summed E-state index contributed by atoms with van der Waals surface area (Å²) in [5.74, 6) is 0.0725. The molecular formula is C16H18N2O3S2. The lowest BCUT2D eigenvalue weighted by atomic mass is 10.2. The minimum atomic E-state index is -3.24. The highest BCUT2D eigenvalue weighted by Crippen LogP contribution is 2.35. The molecule has 0 radical (unpaired) electrons. The van der Waals surface area contributed by atoms with Crippen LogP contribution in [0.2, 0.25) is 0 Å². The molecular weight excluding hydrogens is 332 g/mol. The number of carbonyl (C=O) groups excluding carboxylic acids is 1. The molecule has 0 saturated carbocycles. The van der Waals surface area contributed by atoms with Gasteiger partial charge in [0.1, 0.15) is 5.01 Å². The highest BCUT2D eigenvalue weighted by Gasteiger charge is 2.30. The van der Waals surface area contributed by atoms with Gasteiger partial charge in [-0.05, 0) is 25.0 Å². The standard InChI is InChI=1S/C16H18N2O3S2/c1-11(19)18-8-4-7-15(18)16-17-14(10-22-16)12-5-3-6-13(9-12)23(2,20)21/h3,5-6,9-10,15H,4,7-8H2,1-2H3. The van der Waals surface area contributed by atoms with Gasteiger partial charge in [-0.1, -0.05) is 12.1 Å². The van der Waals surface area contributed by atoms with Gasteiger partial charge in [-0.3, -0.25) is 4.79 Å². The van der Waals surface area contributed by atoms with Crippen molar-refractivity contribution in [2.24, 2.45) is 0 Å². The van der Waals surface area contributed by atoms with Gasteiger partial charge in [0.25, 0.3) is 0 Å². The van der Waals surface area contributed by atoms with E-state index in [1.54, 1.807) is 25.1 Å². The molecule has 1 aliphatic heterocycles. The van der Waals surface area contributed by atoms with E-state index in [0.717, 1.165) is 35.7 Å². The number of benzene rings is 1. The average Bonchev–Trinajstić information content (AvgIpc) is 3.15. The number of rotatable bonds is 3. The molecule has 1 fully saturated rings. The Morgan fingerprint density at radius 2 is 2.17 bits per heavy atom. The highest BCUT2D eigenvalue weighted by molar-refractivity contribution is 7.90. The number of hydrogen-bond acceptors (Lipinski definition) is 5. The summed E-state index contributed by atoms with van der Waals surface area (Å²) in [5, 5.41) is 2.84. The van der Waals surface area contributed by atoms with Crippen LogP contribution in [0.1, 0.15) is 30.8 Å². The Hall–Kier alpha value is -1.73. The topological polar surface area (TPSA) is 67.3 Å². The average molecular weight is 350 g/mol. The van der Waals surface area contributed by atoms with Crippen LogP contribution in [-0.2, 0) is 14.6 Å². The van der Waals surface area contributed by atoms with Crippen LogP contribution in [0, 0.1) is 0 Å². The zero-order valence-electron chi connectivity index (χ0n) is 13.0. The molecule has 0 bridgehead atoms. The molecule has 0 aliphatic carbocycles. The summed E-state index contributed by atoms with van der Waals surface area (Å²) in [7, 11) is -3.24. The van der Waals surface area contributed by atoms with E-state index in [1.165, 1.54) is 17.6 Å². The third-order valence-electron chi connectivity index (χ3n) is 4.02. The summed E-state index contributed by atoms with van der Waals surface area (Å²) in [6.45, 7) is 2.36. The number of nitrogens with zero attached hydrogens (tertiary/aromatic N) is 2. The summed E-state index contributed by atoms with van der Waals surface area (Å²) in [5.41, 5.74) is 1.54. The van der Waals surface area contributed by atoms with Crippen molar-refractivity contribution < 1.29 is 13.2 Å². The monoisotopic (exact) mass is 350 g/mol. The molecule has 1 unspecified atom stereocenters. The van der Waals surface area contributed by atoms with Gasteiger partial charge in [0, 0.05) is 30.7 Å². The molecule has 0 spiro atoms. The van der Waals surface area contributed by atoms with Crippen LogP contribution in [0.15, 0.2) is 34.5 Å². The molecule has 1 aliphatic rings. The lowest BCUT2D eigenvalue weighted by Gasteiger charge is -2.21. The number of sulfone groups is 1. The molecule has 1 atom stereocenters. The van der Waals surface area contributed by atoms with E-state index in [0.29, 0.717) is 0 Å². The van der Waals surface area contributed by atoms with E-state index in [1.807, 2.05) is 16.3 Å². The molecule has 0 N–H and O–H groups in total. The van der Waals surface area contributed by atoms with Gasteiger partial charge in [-0.25, -0.2) is 13.4 Å². The van der Waals surface area contributed by atoms with Crippen LogP contribution in [0.5, 0.6) is 0 Å². The molecule has 122 valence electrons. The molecule has 1 aromatic carbocycles. The molecule has 3 rings (SSSR count). The maximum atomic E-state index is 11.7. The molecule has 5 nitrogen and oxygen atoms in total. The fourth-order valence-corrected chi connectivity index (χ4v) is 4.50. The third kappa shape index (κ3) is 3.30. The lowest BCUT2D eigenvalue weighted by molar-refractivity contribution is -0.129. The second-order valence-corrected chi connectivity index (χ2v) is 8.65. The molecule has 2 heterocycles. The number of hydrogen-bond donors (Lipinski definition) is 0. The third-order valence-corrected chi connectivity index (χ3v) is 6.08. The van der Waals surface area contributed by atoms with Crippen molar-refractivity contribution in [3.63, 3.8) is 0 Å². The number of aromatic nitrogens is 1. The second-order valence-electron chi connectivity index (χ2n) is 5.74. The maximum Gasteiger partial charge on any atom is 0.220 e. The van der Waals surface area contributed by atoms with E-state index in [9.17, 15) is 13.2 Å². The van der Waals surface area contributed by atoms with Crippen LogP contribution < -0.4 is 0 Å². The van der Waals surface area contributed by atoms with Gasteiger partial charge >= 0.3 is 0 Å². The first-order valence-corrected chi connectivity index (χ1v) is 10.2. The van der Waals surface area contributed by atoms with Crippen molar-refractivity contribution in [2.45, 2.75) is 30.7 Å². The van der Waals surface area contributed by atoms with Crippen LogP contribution in [0.25, 0.3) is 11.3 Å². The van der Waals surface area contributed by atoms with Crippen LogP contribution >= 0.6 is 11.3 Å². The zero-order chi connectivity index (χ0) is 16.6. The number of carbonyl (C=O) groups is 1. The van der Waals surface area contributed by atoms with Gasteiger partial charge in [0.2, 0.25) is 5.91 Å². The Morgan fingerprint density at radius 1 is 1.39 bits per heavy atom. The zero-order valence-corrected chi connectivity index (χ0v) is 14.7. The van der Waals surface area contributed by atoms with E-state index in [2.05, 4.69) is 4.98 Å². The van der Waals surface area contributed by atoms with Crippen molar-refractivity contribution in [1.29, 1.82) is 0 Å². The second kappa shape index (κ2) is 6.05. The number of likely N-dealkylation sites (tertiary alicyclic amines) is 1. The Balaban J connectivity index is 1.92.